The van der Waals surface area contributed by atoms with Crippen molar-refractivity contribution in [2.45, 2.75) is 68.1 Å². The number of ether oxygens (including phenoxy) is 2. The number of aromatic nitrogens is 3. The third-order valence-electron chi connectivity index (χ3n) is 7.68. The molecule has 0 radical (unpaired) electrons. The Bertz CT molecular complexity index is 1640. The van der Waals surface area contributed by atoms with Crippen LogP contribution in [0.5, 0.6) is 0 Å². The van der Waals surface area contributed by atoms with E-state index >= 15 is 0 Å². The van der Waals surface area contributed by atoms with E-state index in [4.69, 9.17) is 9.47 Å². The maximum absolute atomic E-state index is 14.3. The van der Waals surface area contributed by atoms with Crippen molar-refractivity contribution in [3.8, 4) is 0 Å². The molecule has 15 heteroatoms. The molecule has 1 aromatic carbocycles. The Morgan fingerprint density at radius 1 is 1.07 bits per heavy atom. The average molecular weight is 612 g/mol. The molecule has 2 unspecified atom stereocenters. The lowest BCUT2D eigenvalue weighted by Crippen LogP contribution is -2.21. The van der Waals surface area contributed by atoms with E-state index in [-0.39, 0.29) is 39.4 Å². The zero-order chi connectivity index (χ0) is 29.8. The number of rotatable bonds is 8. The van der Waals surface area contributed by atoms with Gasteiger partial charge in [0.2, 0.25) is 5.91 Å². The highest BCUT2D eigenvalue weighted by Crippen LogP contribution is 2.49. The highest BCUT2D eigenvalue weighted by molar-refractivity contribution is 7.90. The molecule has 1 saturated carbocycles. The molecule has 1 aliphatic carbocycles. The summed E-state index contributed by atoms with van der Waals surface area (Å²) in [6.07, 6.45) is -0.207. The topological polar surface area (TPSA) is 124 Å². The zero-order valence-electron chi connectivity index (χ0n) is 22.6. The molecule has 2 saturated heterocycles. The summed E-state index contributed by atoms with van der Waals surface area (Å²) in [5.74, 6) is -6.44. The summed E-state index contributed by atoms with van der Waals surface area (Å²) in [6.45, 7) is 0.898. The largest absolute Gasteiger partial charge is 0.374 e. The average Bonchev–Trinajstić information content (AvgIpc) is 3.30. The minimum Gasteiger partial charge on any atom is -0.374 e. The fourth-order valence-corrected chi connectivity index (χ4v) is 6.32. The standard InChI is InChI=1S/C27H29F4N5O5S/c1-42(38,39)19-11-14(18-5-4-10-40-18)7-8-16(19)32-17-12-20(34-26(37)15-13-27(15,30)31)33-24-22(17)35-25(23(28)29)36(24)21-6-2-3-9-41-21/h7-8,11-12,15,18,21,23H,2-6,9-10,13H2,1H3,(H2,32,33,34,37)/t15?,18-,21?/m1/s1. The van der Waals surface area contributed by atoms with E-state index in [1.165, 1.54) is 18.2 Å². The van der Waals surface area contributed by atoms with Crippen LogP contribution in [0.4, 0.5) is 34.8 Å². The molecule has 6 rings (SSSR count). The van der Waals surface area contributed by atoms with Gasteiger partial charge < -0.3 is 20.1 Å². The molecule has 1 amide bonds. The minimum atomic E-state index is -3.79. The second-order valence-electron chi connectivity index (χ2n) is 10.9. The Balaban J connectivity index is 1.47. The van der Waals surface area contributed by atoms with Gasteiger partial charge in [0.1, 0.15) is 23.5 Å². The molecule has 3 fully saturated rings. The number of carbonyl (C=O) groups excluding carboxylic acids is 1. The summed E-state index contributed by atoms with van der Waals surface area (Å²) in [5.41, 5.74) is 0.744. The number of hydrogen-bond acceptors (Lipinski definition) is 8. The van der Waals surface area contributed by atoms with Crippen LogP contribution < -0.4 is 10.6 Å². The molecule has 10 nitrogen and oxygen atoms in total. The predicted octanol–water partition coefficient (Wildman–Crippen LogP) is 5.66. The number of amides is 1. The maximum atomic E-state index is 14.3. The van der Waals surface area contributed by atoms with Crippen molar-refractivity contribution in [1.82, 2.24) is 14.5 Å². The van der Waals surface area contributed by atoms with Crippen molar-refractivity contribution < 1.29 is 40.2 Å². The van der Waals surface area contributed by atoms with Gasteiger partial charge in [-0.25, -0.2) is 35.9 Å². The predicted molar refractivity (Wildman–Crippen MR) is 144 cm³/mol. The van der Waals surface area contributed by atoms with Crippen molar-refractivity contribution in [2.24, 2.45) is 5.92 Å². The zero-order valence-corrected chi connectivity index (χ0v) is 23.4. The first-order chi connectivity index (χ1) is 19.9. The van der Waals surface area contributed by atoms with Crippen LogP contribution in [0.1, 0.15) is 68.7 Å². The molecule has 2 N–H and O–H groups in total. The van der Waals surface area contributed by atoms with Crippen molar-refractivity contribution >= 4 is 44.1 Å². The van der Waals surface area contributed by atoms with E-state index in [0.29, 0.717) is 31.6 Å². The molecule has 3 aliphatic rings. The summed E-state index contributed by atoms with van der Waals surface area (Å²) in [4.78, 5) is 21.0. The molecule has 3 atom stereocenters. The lowest BCUT2D eigenvalue weighted by Gasteiger charge is -2.25. The van der Waals surface area contributed by atoms with Crippen molar-refractivity contribution in [2.75, 3.05) is 30.1 Å². The number of fused-ring (bicyclic) bond motifs is 1. The number of nitrogens with zero attached hydrogens (tertiary/aromatic N) is 3. The molecule has 0 spiro atoms. The Kier molecular flexibility index (Phi) is 7.38. The molecular weight excluding hydrogens is 582 g/mol. The van der Waals surface area contributed by atoms with Crippen LogP contribution in [0.3, 0.4) is 0 Å². The van der Waals surface area contributed by atoms with Crippen LogP contribution in [-0.4, -0.2) is 54.3 Å². The lowest BCUT2D eigenvalue weighted by atomic mass is 10.1. The molecule has 4 heterocycles. The Hall–Kier alpha value is -3.30. The number of alkyl halides is 4. The maximum Gasteiger partial charge on any atom is 0.295 e. The van der Waals surface area contributed by atoms with Crippen molar-refractivity contribution in [1.29, 1.82) is 0 Å². The van der Waals surface area contributed by atoms with Gasteiger partial charge in [-0.3, -0.25) is 9.36 Å². The van der Waals surface area contributed by atoms with Gasteiger partial charge in [-0.2, -0.15) is 0 Å². The van der Waals surface area contributed by atoms with Crippen LogP contribution >= 0.6 is 0 Å². The van der Waals surface area contributed by atoms with Gasteiger partial charge in [-0.1, -0.05) is 6.07 Å². The minimum absolute atomic E-state index is 0.0307. The number of hydrogen-bond donors (Lipinski definition) is 2. The van der Waals surface area contributed by atoms with Gasteiger partial charge in [0.25, 0.3) is 12.3 Å². The van der Waals surface area contributed by atoms with E-state index in [2.05, 4.69) is 20.6 Å². The number of benzene rings is 1. The molecule has 2 aromatic heterocycles. The molecule has 3 aromatic rings. The molecule has 2 aliphatic heterocycles. The number of pyridine rings is 1. The van der Waals surface area contributed by atoms with Crippen LogP contribution in [0.25, 0.3) is 11.2 Å². The summed E-state index contributed by atoms with van der Waals surface area (Å²) in [6, 6.07) is 6.01. The number of sulfone groups is 1. The summed E-state index contributed by atoms with van der Waals surface area (Å²) in [5, 5.41) is 5.34. The van der Waals surface area contributed by atoms with E-state index in [0.717, 1.165) is 30.1 Å². The van der Waals surface area contributed by atoms with Gasteiger partial charge in [-0.05, 0) is 49.8 Å². The van der Waals surface area contributed by atoms with Gasteiger partial charge in [0.15, 0.2) is 21.3 Å². The van der Waals surface area contributed by atoms with Crippen molar-refractivity contribution in [3.63, 3.8) is 0 Å². The monoisotopic (exact) mass is 611 g/mol. The van der Waals surface area contributed by atoms with Gasteiger partial charge >= 0.3 is 0 Å². The normalized spacial score (nSPS) is 23.8. The highest BCUT2D eigenvalue weighted by Gasteiger charge is 2.61. The fraction of sp³-hybridized carbons (Fsp3) is 0.519. The SMILES string of the molecule is CS(=O)(=O)c1cc([C@H]2CCCO2)ccc1Nc1cc(NC(=O)C2CC2(F)F)nc2c1nc(C(F)F)n2C1CCCCO1. The van der Waals surface area contributed by atoms with E-state index < -0.39 is 52.5 Å². The summed E-state index contributed by atoms with van der Waals surface area (Å²) >= 11 is 0. The van der Waals surface area contributed by atoms with Crippen LogP contribution in [-0.2, 0) is 24.1 Å². The first-order valence-electron chi connectivity index (χ1n) is 13.7. The molecule has 226 valence electrons. The van der Waals surface area contributed by atoms with Gasteiger partial charge in [-0.15, -0.1) is 0 Å². The molecular formula is C27H29F4N5O5S. The van der Waals surface area contributed by atoms with Crippen LogP contribution in [0.2, 0.25) is 0 Å². The second-order valence-corrected chi connectivity index (χ2v) is 12.8. The quantitative estimate of drug-likeness (QED) is 0.313. The third kappa shape index (κ3) is 5.56. The van der Waals surface area contributed by atoms with Gasteiger partial charge in [0.05, 0.1) is 22.4 Å². The van der Waals surface area contributed by atoms with Crippen LogP contribution in [0.15, 0.2) is 29.2 Å². The number of nitrogens with one attached hydrogen (secondary N) is 2. The first-order valence-corrected chi connectivity index (χ1v) is 15.6. The number of imidazole rings is 1. The number of anilines is 3. The van der Waals surface area contributed by atoms with Gasteiger partial charge in [0, 0.05) is 32.0 Å². The van der Waals surface area contributed by atoms with E-state index in [9.17, 15) is 30.8 Å². The van der Waals surface area contributed by atoms with Crippen LogP contribution in [0, 0.1) is 5.92 Å². The second kappa shape index (κ2) is 10.8. The highest BCUT2D eigenvalue weighted by atomic mass is 32.2. The number of halogens is 4. The lowest BCUT2D eigenvalue weighted by molar-refractivity contribution is -0.119. The van der Waals surface area contributed by atoms with E-state index in [1.54, 1.807) is 6.07 Å². The fourth-order valence-electron chi connectivity index (χ4n) is 5.45. The molecule has 0 bridgehead atoms. The first kappa shape index (κ1) is 28.8. The summed E-state index contributed by atoms with van der Waals surface area (Å²) in [7, 11) is -3.79. The smallest absolute Gasteiger partial charge is 0.295 e. The Labute approximate surface area is 238 Å². The Morgan fingerprint density at radius 2 is 1.83 bits per heavy atom. The Morgan fingerprint density at radius 3 is 2.45 bits per heavy atom. The summed E-state index contributed by atoms with van der Waals surface area (Å²) < 4.78 is 94.0. The third-order valence-corrected chi connectivity index (χ3v) is 8.82. The van der Waals surface area contributed by atoms with E-state index in [1.807, 2.05) is 0 Å². The van der Waals surface area contributed by atoms with Crippen molar-refractivity contribution in [3.05, 3.63) is 35.7 Å². The molecule has 42 heavy (non-hydrogen) atoms. The number of carbonyl (C=O) groups is 1.